The number of benzene rings is 2. The molecule has 9 heteroatoms. The highest BCUT2D eigenvalue weighted by atomic mass is 35.5. The number of rotatable bonds is 6. The van der Waals surface area contributed by atoms with Gasteiger partial charge in [0, 0.05) is 42.8 Å². The van der Waals surface area contributed by atoms with Crippen molar-refractivity contribution in [1.29, 1.82) is 0 Å². The Hall–Kier alpha value is -3.72. The minimum Gasteiger partial charge on any atom is -0.464 e. The van der Waals surface area contributed by atoms with E-state index in [4.69, 9.17) is 16.0 Å². The van der Waals surface area contributed by atoms with Crippen molar-refractivity contribution in [2.45, 2.75) is 38.5 Å². The number of hydrogen-bond donors (Lipinski definition) is 1. The highest BCUT2D eigenvalue weighted by Crippen LogP contribution is 2.30. The summed E-state index contributed by atoms with van der Waals surface area (Å²) >= 11 is 6.58. The summed E-state index contributed by atoms with van der Waals surface area (Å²) in [7, 11) is 1.82. The van der Waals surface area contributed by atoms with E-state index < -0.39 is 5.60 Å². The molecule has 0 unspecified atom stereocenters. The number of fused-ring (bicyclic) bond motifs is 1. The van der Waals surface area contributed by atoms with Gasteiger partial charge in [-0.1, -0.05) is 53.6 Å². The average Bonchev–Trinajstić information content (AvgIpc) is 3.57. The minimum absolute atomic E-state index is 0.178. The summed E-state index contributed by atoms with van der Waals surface area (Å²) in [6.45, 7) is 4.29. The molecule has 0 spiro atoms. The Balaban J connectivity index is 1.15. The van der Waals surface area contributed by atoms with Crippen molar-refractivity contribution in [2.24, 2.45) is 7.05 Å². The Morgan fingerprint density at radius 1 is 1.05 bits per heavy atom. The fourth-order valence-electron chi connectivity index (χ4n) is 5.36. The van der Waals surface area contributed by atoms with Crippen LogP contribution < -0.4 is 5.56 Å². The Morgan fingerprint density at radius 3 is 2.49 bits per heavy atom. The van der Waals surface area contributed by atoms with Gasteiger partial charge in [0.25, 0.3) is 5.56 Å². The Bertz CT molecular complexity index is 1680. The van der Waals surface area contributed by atoms with Gasteiger partial charge in [-0.3, -0.25) is 18.9 Å². The summed E-state index contributed by atoms with van der Waals surface area (Å²) in [5, 5.41) is 16.6. The van der Waals surface area contributed by atoms with Gasteiger partial charge in [-0.2, -0.15) is 5.10 Å². The third kappa shape index (κ3) is 5.03. The van der Waals surface area contributed by atoms with E-state index in [2.05, 4.69) is 15.0 Å². The third-order valence-electron chi connectivity index (χ3n) is 7.64. The number of halogens is 1. The lowest BCUT2D eigenvalue weighted by Gasteiger charge is -2.38. The van der Waals surface area contributed by atoms with Gasteiger partial charge in [0.15, 0.2) is 5.52 Å². The van der Waals surface area contributed by atoms with Crippen LogP contribution in [0.5, 0.6) is 0 Å². The minimum atomic E-state index is -1.00. The molecule has 3 aromatic heterocycles. The lowest BCUT2D eigenvalue weighted by molar-refractivity contribution is -0.0364. The molecule has 1 fully saturated rings. The summed E-state index contributed by atoms with van der Waals surface area (Å²) in [5.74, 6) is 0.784. The number of aromatic nitrogens is 4. The van der Waals surface area contributed by atoms with E-state index in [1.807, 2.05) is 68.6 Å². The summed E-state index contributed by atoms with van der Waals surface area (Å²) in [4.78, 5) is 20.2. The van der Waals surface area contributed by atoms with Gasteiger partial charge in [0.05, 0.1) is 30.4 Å². The largest absolute Gasteiger partial charge is 0.464 e. The van der Waals surface area contributed by atoms with Crippen molar-refractivity contribution < 1.29 is 9.52 Å². The van der Waals surface area contributed by atoms with E-state index in [9.17, 15) is 9.90 Å². The monoisotopic (exact) mass is 543 g/mol. The summed E-state index contributed by atoms with van der Waals surface area (Å²) in [6, 6.07) is 17.8. The SMILES string of the molecule is Cc1ccc(-c2c3ncn(CC4(O)CCN(Cc5ccc(-c6ccco6)cc5Cl)CC4)c(=O)c3nn2C)cc1. The maximum absolute atomic E-state index is 13.4. The number of hydrogen-bond acceptors (Lipinski definition) is 6. The van der Waals surface area contributed by atoms with E-state index in [0.717, 1.165) is 33.7 Å². The van der Waals surface area contributed by atoms with Crippen LogP contribution in [0, 0.1) is 6.92 Å². The molecule has 1 saturated heterocycles. The van der Waals surface area contributed by atoms with E-state index in [-0.39, 0.29) is 12.1 Å². The van der Waals surface area contributed by atoms with Crippen LogP contribution in [0.3, 0.4) is 0 Å². The molecular formula is C30H30ClN5O3. The quantitative estimate of drug-likeness (QED) is 0.322. The lowest BCUT2D eigenvalue weighted by Crippen LogP contribution is -2.47. The molecule has 0 atom stereocenters. The van der Waals surface area contributed by atoms with Crippen molar-refractivity contribution in [3.8, 4) is 22.6 Å². The number of nitrogens with zero attached hydrogens (tertiary/aromatic N) is 5. The van der Waals surface area contributed by atoms with Crippen LogP contribution in [-0.2, 0) is 20.1 Å². The first-order valence-corrected chi connectivity index (χ1v) is 13.4. The van der Waals surface area contributed by atoms with Gasteiger partial charge in [-0.05, 0) is 43.5 Å². The van der Waals surface area contributed by atoms with E-state index >= 15 is 0 Å². The molecule has 4 heterocycles. The van der Waals surface area contributed by atoms with Gasteiger partial charge in [0.1, 0.15) is 11.3 Å². The number of likely N-dealkylation sites (tertiary alicyclic amines) is 1. The van der Waals surface area contributed by atoms with E-state index in [0.29, 0.717) is 48.5 Å². The predicted octanol–water partition coefficient (Wildman–Crippen LogP) is 5.05. The number of furan rings is 1. The van der Waals surface area contributed by atoms with Crippen LogP contribution in [0.2, 0.25) is 5.02 Å². The van der Waals surface area contributed by atoms with Crippen molar-refractivity contribution in [1.82, 2.24) is 24.2 Å². The maximum Gasteiger partial charge on any atom is 0.281 e. The van der Waals surface area contributed by atoms with Gasteiger partial charge < -0.3 is 9.52 Å². The zero-order valence-electron chi connectivity index (χ0n) is 22.0. The first kappa shape index (κ1) is 25.6. The average molecular weight is 544 g/mol. The second-order valence-electron chi connectivity index (χ2n) is 10.5. The Morgan fingerprint density at radius 2 is 1.79 bits per heavy atom. The molecule has 200 valence electrons. The van der Waals surface area contributed by atoms with Crippen molar-refractivity contribution in [3.05, 3.63) is 93.7 Å². The molecule has 39 heavy (non-hydrogen) atoms. The summed E-state index contributed by atoms with van der Waals surface area (Å²) in [6.07, 6.45) is 4.26. The molecule has 1 N–H and O–H groups in total. The van der Waals surface area contributed by atoms with Gasteiger partial charge >= 0.3 is 0 Å². The van der Waals surface area contributed by atoms with E-state index in [1.54, 1.807) is 10.9 Å². The standard InChI is InChI=1S/C30H30ClN5O3/c1-20-5-7-21(8-6-20)28-26-27(33-34(28)2)29(37)36(19-32-26)18-30(38)11-13-35(14-12-30)17-23-10-9-22(16-24(23)31)25-4-3-15-39-25/h3-10,15-16,19,38H,11-14,17-18H2,1-2H3. The molecule has 0 amide bonds. The molecule has 1 aliphatic heterocycles. The lowest BCUT2D eigenvalue weighted by atomic mass is 9.91. The van der Waals surface area contributed by atoms with Crippen molar-refractivity contribution >= 4 is 22.6 Å². The normalized spacial score (nSPS) is 15.7. The maximum atomic E-state index is 13.4. The predicted molar refractivity (Wildman–Crippen MR) is 152 cm³/mol. The zero-order valence-corrected chi connectivity index (χ0v) is 22.7. The number of piperidine rings is 1. The van der Waals surface area contributed by atoms with Crippen LogP contribution in [0.25, 0.3) is 33.6 Å². The van der Waals surface area contributed by atoms with Gasteiger partial charge in [-0.25, -0.2) is 4.98 Å². The molecule has 0 saturated carbocycles. The fraction of sp³-hybridized carbons (Fsp3) is 0.300. The second kappa shape index (κ2) is 10.1. The molecule has 2 aromatic carbocycles. The van der Waals surface area contributed by atoms with Crippen LogP contribution in [0.15, 0.2) is 76.4 Å². The van der Waals surface area contributed by atoms with Crippen LogP contribution in [0.4, 0.5) is 0 Å². The van der Waals surface area contributed by atoms with Crippen molar-refractivity contribution in [3.63, 3.8) is 0 Å². The Labute approximate surface area is 231 Å². The smallest absolute Gasteiger partial charge is 0.281 e. The van der Waals surface area contributed by atoms with Crippen LogP contribution in [-0.4, -0.2) is 48.0 Å². The fourth-order valence-corrected chi connectivity index (χ4v) is 5.60. The zero-order chi connectivity index (χ0) is 27.1. The molecule has 0 aliphatic carbocycles. The first-order valence-electron chi connectivity index (χ1n) is 13.1. The molecule has 0 bridgehead atoms. The molecule has 1 aliphatic rings. The molecule has 5 aromatic rings. The second-order valence-corrected chi connectivity index (χ2v) is 10.9. The van der Waals surface area contributed by atoms with E-state index in [1.165, 1.54) is 10.9 Å². The summed E-state index contributed by atoms with van der Waals surface area (Å²) in [5.41, 5.74) is 4.52. The van der Waals surface area contributed by atoms with Gasteiger partial charge in [-0.15, -0.1) is 0 Å². The molecule has 6 rings (SSSR count). The van der Waals surface area contributed by atoms with Crippen LogP contribution in [0.1, 0.15) is 24.0 Å². The first-order chi connectivity index (χ1) is 18.8. The Kier molecular flexibility index (Phi) is 6.62. The molecular weight excluding hydrogens is 514 g/mol. The van der Waals surface area contributed by atoms with Crippen molar-refractivity contribution in [2.75, 3.05) is 13.1 Å². The number of aryl methyl sites for hydroxylation is 2. The molecule has 8 nitrogen and oxygen atoms in total. The molecule has 0 radical (unpaired) electrons. The summed E-state index contributed by atoms with van der Waals surface area (Å²) < 4.78 is 8.66. The van der Waals surface area contributed by atoms with Gasteiger partial charge in [0.2, 0.25) is 0 Å². The highest BCUT2D eigenvalue weighted by Gasteiger charge is 2.33. The highest BCUT2D eigenvalue weighted by molar-refractivity contribution is 6.31. The third-order valence-corrected chi connectivity index (χ3v) is 7.99. The number of aliphatic hydroxyl groups is 1. The van der Waals surface area contributed by atoms with Crippen LogP contribution >= 0.6 is 11.6 Å². The topological polar surface area (TPSA) is 89.3 Å².